The van der Waals surface area contributed by atoms with Crippen LogP contribution in [0.1, 0.15) is 53.9 Å². The van der Waals surface area contributed by atoms with Crippen LogP contribution in [0.5, 0.6) is 0 Å². The second-order valence-electron chi connectivity index (χ2n) is 5.56. The molecule has 0 nitrogen and oxygen atoms in total. The molecule has 1 rings (SSSR count). The van der Waals surface area contributed by atoms with Crippen LogP contribution in [0.3, 0.4) is 0 Å². The SMILES string of the molecule is CCC(C)C1CC(C)C1CC(C)C. The Morgan fingerprint density at radius 3 is 2.23 bits per heavy atom. The second-order valence-corrected chi connectivity index (χ2v) is 5.56. The summed E-state index contributed by atoms with van der Waals surface area (Å²) in [4.78, 5) is 0. The van der Waals surface area contributed by atoms with Gasteiger partial charge < -0.3 is 0 Å². The Balaban J connectivity index is 2.41. The minimum atomic E-state index is 0.888. The molecule has 0 radical (unpaired) electrons. The Kier molecular flexibility index (Phi) is 3.82. The van der Waals surface area contributed by atoms with Crippen LogP contribution >= 0.6 is 0 Å². The third-order valence-electron chi connectivity index (χ3n) is 4.04. The van der Waals surface area contributed by atoms with E-state index in [1.54, 1.807) is 0 Å². The number of hydrogen-bond acceptors (Lipinski definition) is 0. The van der Waals surface area contributed by atoms with E-state index >= 15 is 0 Å². The highest BCUT2D eigenvalue weighted by Crippen LogP contribution is 2.48. The monoisotopic (exact) mass is 182 g/mol. The normalized spacial score (nSPS) is 36.0. The second kappa shape index (κ2) is 4.48. The van der Waals surface area contributed by atoms with Gasteiger partial charge in [0.2, 0.25) is 0 Å². The highest BCUT2D eigenvalue weighted by atomic mass is 14.4. The van der Waals surface area contributed by atoms with Gasteiger partial charge in [-0.05, 0) is 42.4 Å². The minimum Gasteiger partial charge on any atom is -0.0651 e. The molecule has 4 atom stereocenters. The van der Waals surface area contributed by atoms with Crippen molar-refractivity contribution in [1.29, 1.82) is 0 Å². The summed E-state index contributed by atoms with van der Waals surface area (Å²) >= 11 is 0. The molecule has 0 heterocycles. The Hall–Kier alpha value is 0. The Labute approximate surface area is 84.1 Å². The van der Waals surface area contributed by atoms with E-state index in [-0.39, 0.29) is 0 Å². The molecule has 1 aliphatic rings. The average molecular weight is 182 g/mol. The maximum absolute atomic E-state index is 2.44. The first-order chi connectivity index (χ1) is 6.06. The molecule has 0 heteroatoms. The first kappa shape index (κ1) is 11.1. The number of rotatable bonds is 4. The Morgan fingerprint density at radius 1 is 1.23 bits per heavy atom. The molecule has 78 valence electrons. The van der Waals surface area contributed by atoms with Gasteiger partial charge in [-0.1, -0.05) is 41.0 Å². The predicted octanol–water partition coefficient (Wildman–Crippen LogP) is 4.35. The van der Waals surface area contributed by atoms with E-state index in [0.717, 1.165) is 29.6 Å². The van der Waals surface area contributed by atoms with E-state index < -0.39 is 0 Å². The van der Waals surface area contributed by atoms with Gasteiger partial charge in [-0.2, -0.15) is 0 Å². The first-order valence-electron chi connectivity index (χ1n) is 6.06. The third-order valence-corrected chi connectivity index (χ3v) is 4.04. The van der Waals surface area contributed by atoms with Crippen LogP contribution in [0.4, 0.5) is 0 Å². The maximum atomic E-state index is 2.44. The van der Waals surface area contributed by atoms with Crippen LogP contribution in [-0.4, -0.2) is 0 Å². The zero-order chi connectivity index (χ0) is 10.0. The van der Waals surface area contributed by atoms with E-state index in [4.69, 9.17) is 0 Å². The van der Waals surface area contributed by atoms with Crippen molar-refractivity contribution >= 4 is 0 Å². The smallest absolute Gasteiger partial charge is 0.0355 e. The molecular formula is C13H26. The highest BCUT2D eigenvalue weighted by molar-refractivity contribution is 4.89. The summed E-state index contributed by atoms with van der Waals surface area (Å²) in [6, 6.07) is 0. The standard InChI is InChI=1S/C13H26/c1-6-10(4)13-8-11(5)12(13)7-9(2)3/h9-13H,6-8H2,1-5H3. The maximum Gasteiger partial charge on any atom is -0.0355 e. The molecule has 0 aromatic heterocycles. The van der Waals surface area contributed by atoms with Crippen LogP contribution in [0, 0.1) is 29.6 Å². The zero-order valence-corrected chi connectivity index (χ0v) is 10.0. The molecule has 13 heavy (non-hydrogen) atoms. The van der Waals surface area contributed by atoms with E-state index in [1.807, 2.05) is 0 Å². The fourth-order valence-corrected chi connectivity index (χ4v) is 2.91. The van der Waals surface area contributed by atoms with E-state index in [1.165, 1.54) is 19.3 Å². The predicted molar refractivity (Wildman–Crippen MR) is 59.7 cm³/mol. The van der Waals surface area contributed by atoms with Gasteiger partial charge >= 0.3 is 0 Å². The third kappa shape index (κ3) is 2.48. The molecule has 1 aliphatic carbocycles. The van der Waals surface area contributed by atoms with Crippen molar-refractivity contribution in [3.05, 3.63) is 0 Å². The van der Waals surface area contributed by atoms with Crippen LogP contribution in [0.25, 0.3) is 0 Å². The molecule has 0 aromatic rings. The summed E-state index contributed by atoms with van der Waals surface area (Å²) in [5.41, 5.74) is 0. The van der Waals surface area contributed by atoms with Crippen molar-refractivity contribution in [2.45, 2.75) is 53.9 Å². The fraction of sp³-hybridized carbons (Fsp3) is 1.00. The Bertz CT molecular complexity index is 148. The summed E-state index contributed by atoms with van der Waals surface area (Å²) in [5, 5.41) is 0. The molecular weight excluding hydrogens is 156 g/mol. The van der Waals surface area contributed by atoms with Crippen molar-refractivity contribution in [1.82, 2.24) is 0 Å². The van der Waals surface area contributed by atoms with Crippen molar-refractivity contribution < 1.29 is 0 Å². The van der Waals surface area contributed by atoms with Crippen LogP contribution in [-0.2, 0) is 0 Å². The van der Waals surface area contributed by atoms with Gasteiger partial charge in [0, 0.05) is 0 Å². The summed E-state index contributed by atoms with van der Waals surface area (Å²) in [5.74, 6) is 4.93. The molecule has 0 spiro atoms. The van der Waals surface area contributed by atoms with E-state index in [2.05, 4.69) is 34.6 Å². The largest absolute Gasteiger partial charge is 0.0651 e. The molecule has 1 saturated carbocycles. The van der Waals surface area contributed by atoms with Gasteiger partial charge in [0.15, 0.2) is 0 Å². The average Bonchev–Trinajstić information content (AvgIpc) is 2.09. The van der Waals surface area contributed by atoms with E-state index in [0.29, 0.717) is 0 Å². The summed E-state index contributed by atoms with van der Waals surface area (Å²) in [6.45, 7) is 11.9. The van der Waals surface area contributed by atoms with Crippen molar-refractivity contribution in [2.24, 2.45) is 29.6 Å². The lowest BCUT2D eigenvalue weighted by molar-refractivity contribution is 0.0232. The van der Waals surface area contributed by atoms with Crippen LogP contribution < -0.4 is 0 Å². The molecule has 0 bridgehead atoms. The van der Waals surface area contributed by atoms with Gasteiger partial charge in [0.25, 0.3) is 0 Å². The van der Waals surface area contributed by atoms with Crippen molar-refractivity contribution in [3.8, 4) is 0 Å². The molecule has 1 fully saturated rings. The summed E-state index contributed by atoms with van der Waals surface area (Å²) in [6.07, 6.45) is 4.31. The minimum absolute atomic E-state index is 0.888. The van der Waals surface area contributed by atoms with Gasteiger partial charge in [-0.15, -0.1) is 0 Å². The highest BCUT2D eigenvalue weighted by Gasteiger charge is 2.39. The fourth-order valence-electron chi connectivity index (χ4n) is 2.91. The molecule has 0 aliphatic heterocycles. The lowest BCUT2D eigenvalue weighted by Gasteiger charge is -2.47. The van der Waals surface area contributed by atoms with Gasteiger partial charge in [0.05, 0.1) is 0 Å². The van der Waals surface area contributed by atoms with Crippen molar-refractivity contribution in [2.75, 3.05) is 0 Å². The molecule has 4 unspecified atom stereocenters. The Morgan fingerprint density at radius 2 is 1.85 bits per heavy atom. The van der Waals surface area contributed by atoms with Crippen molar-refractivity contribution in [3.63, 3.8) is 0 Å². The van der Waals surface area contributed by atoms with Crippen LogP contribution in [0.2, 0.25) is 0 Å². The molecule has 0 N–H and O–H groups in total. The quantitative estimate of drug-likeness (QED) is 0.606. The summed E-state index contributed by atoms with van der Waals surface area (Å²) < 4.78 is 0. The molecule has 0 saturated heterocycles. The first-order valence-corrected chi connectivity index (χ1v) is 6.06. The molecule has 0 aromatic carbocycles. The van der Waals surface area contributed by atoms with E-state index in [9.17, 15) is 0 Å². The topological polar surface area (TPSA) is 0 Å². The van der Waals surface area contributed by atoms with Gasteiger partial charge in [-0.3, -0.25) is 0 Å². The van der Waals surface area contributed by atoms with Crippen LogP contribution in [0.15, 0.2) is 0 Å². The summed E-state index contributed by atoms with van der Waals surface area (Å²) in [7, 11) is 0. The number of hydrogen-bond donors (Lipinski definition) is 0. The lowest BCUT2D eigenvalue weighted by Crippen LogP contribution is -2.39. The van der Waals surface area contributed by atoms with Gasteiger partial charge in [0.1, 0.15) is 0 Å². The van der Waals surface area contributed by atoms with Gasteiger partial charge in [-0.25, -0.2) is 0 Å². The zero-order valence-electron chi connectivity index (χ0n) is 10.0. The molecule has 0 amide bonds. The lowest BCUT2D eigenvalue weighted by atomic mass is 9.58.